The minimum Gasteiger partial charge on any atom is -0.496 e. The first-order chi connectivity index (χ1) is 10.7. The van der Waals surface area contributed by atoms with E-state index in [1.54, 1.807) is 32.4 Å². The van der Waals surface area contributed by atoms with E-state index in [0.29, 0.717) is 43.6 Å². The zero-order valence-electron chi connectivity index (χ0n) is 13.1. The van der Waals surface area contributed by atoms with Crippen molar-refractivity contribution in [1.82, 2.24) is 5.32 Å². The van der Waals surface area contributed by atoms with Crippen molar-refractivity contribution in [2.75, 3.05) is 40.6 Å². The Morgan fingerprint density at radius 2 is 1.73 bits per heavy atom. The zero-order valence-corrected chi connectivity index (χ0v) is 13.1. The van der Waals surface area contributed by atoms with Gasteiger partial charge in [-0.1, -0.05) is 0 Å². The number of amides is 1. The molecule has 1 aliphatic heterocycles. The van der Waals surface area contributed by atoms with Crippen LogP contribution < -0.4 is 19.5 Å². The van der Waals surface area contributed by atoms with Crippen LogP contribution in [0.2, 0.25) is 0 Å². The molecule has 0 saturated carbocycles. The van der Waals surface area contributed by atoms with Crippen LogP contribution in [0.1, 0.15) is 12.8 Å². The molecule has 0 aliphatic carbocycles. The first kappa shape index (κ1) is 16.4. The van der Waals surface area contributed by atoms with Crippen molar-refractivity contribution in [2.45, 2.75) is 12.8 Å². The fraction of sp³-hybridized carbons (Fsp3) is 0.562. The van der Waals surface area contributed by atoms with Crippen molar-refractivity contribution in [2.24, 2.45) is 5.92 Å². The van der Waals surface area contributed by atoms with Crippen LogP contribution in [0.5, 0.6) is 17.2 Å². The van der Waals surface area contributed by atoms with Gasteiger partial charge in [0.15, 0.2) is 0 Å². The molecular weight excluding hydrogens is 286 g/mol. The first-order valence-electron chi connectivity index (χ1n) is 7.44. The number of methoxy groups -OCH3 is 2. The number of hydrogen-bond acceptors (Lipinski definition) is 5. The average Bonchev–Trinajstić information content (AvgIpc) is 2.58. The highest BCUT2D eigenvalue weighted by Gasteiger charge is 2.20. The first-order valence-corrected chi connectivity index (χ1v) is 7.44. The second-order valence-electron chi connectivity index (χ2n) is 5.07. The summed E-state index contributed by atoms with van der Waals surface area (Å²) in [6.07, 6.45) is 1.58. The Morgan fingerprint density at radius 1 is 1.14 bits per heavy atom. The zero-order chi connectivity index (χ0) is 15.8. The summed E-state index contributed by atoms with van der Waals surface area (Å²) in [7, 11) is 3.18. The van der Waals surface area contributed by atoms with Crippen molar-refractivity contribution < 1.29 is 23.7 Å². The molecule has 2 rings (SSSR count). The number of carbonyl (C=O) groups is 1. The average molecular weight is 309 g/mol. The summed E-state index contributed by atoms with van der Waals surface area (Å²) >= 11 is 0. The van der Waals surface area contributed by atoms with Crippen LogP contribution in [0, 0.1) is 5.92 Å². The van der Waals surface area contributed by atoms with E-state index in [1.165, 1.54) is 0 Å². The molecule has 1 aromatic carbocycles. The Balaban J connectivity index is 1.75. The third-order valence-electron chi connectivity index (χ3n) is 3.59. The second-order valence-corrected chi connectivity index (χ2v) is 5.07. The topological polar surface area (TPSA) is 66.0 Å². The lowest BCUT2D eigenvalue weighted by Crippen LogP contribution is -2.36. The summed E-state index contributed by atoms with van der Waals surface area (Å²) in [6, 6.07) is 5.34. The van der Waals surface area contributed by atoms with E-state index in [-0.39, 0.29) is 11.8 Å². The Bertz CT molecular complexity index is 463. The Kier molecular flexibility index (Phi) is 6.33. The highest BCUT2D eigenvalue weighted by Crippen LogP contribution is 2.27. The van der Waals surface area contributed by atoms with Gasteiger partial charge in [0.05, 0.1) is 20.8 Å². The third kappa shape index (κ3) is 4.80. The van der Waals surface area contributed by atoms with Crippen molar-refractivity contribution in [1.29, 1.82) is 0 Å². The predicted octanol–water partition coefficient (Wildman–Crippen LogP) is 1.63. The van der Waals surface area contributed by atoms with E-state index in [2.05, 4.69) is 5.32 Å². The number of hydrogen-bond donors (Lipinski definition) is 1. The number of benzene rings is 1. The van der Waals surface area contributed by atoms with Crippen LogP contribution in [-0.4, -0.2) is 46.5 Å². The molecule has 0 radical (unpaired) electrons. The van der Waals surface area contributed by atoms with Crippen LogP contribution in [0.25, 0.3) is 0 Å². The fourth-order valence-corrected chi connectivity index (χ4v) is 2.31. The van der Waals surface area contributed by atoms with E-state index in [1.807, 2.05) is 0 Å². The third-order valence-corrected chi connectivity index (χ3v) is 3.59. The molecule has 6 heteroatoms. The van der Waals surface area contributed by atoms with Gasteiger partial charge < -0.3 is 24.3 Å². The summed E-state index contributed by atoms with van der Waals surface area (Å²) in [5.41, 5.74) is 0. The molecule has 0 spiro atoms. The van der Waals surface area contributed by atoms with Crippen LogP contribution in [0.3, 0.4) is 0 Å². The summed E-state index contributed by atoms with van der Waals surface area (Å²) < 4.78 is 21.2. The smallest absolute Gasteiger partial charge is 0.223 e. The molecule has 0 atom stereocenters. The van der Waals surface area contributed by atoms with E-state index >= 15 is 0 Å². The van der Waals surface area contributed by atoms with Gasteiger partial charge in [-0.3, -0.25) is 4.79 Å². The van der Waals surface area contributed by atoms with E-state index in [4.69, 9.17) is 18.9 Å². The van der Waals surface area contributed by atoms with Gasteiger partial charge in [0.1, 0.15) is 23.9 Å². The minimum atomic E-state index is 0.0608. The standard InChI is InChI=1S/C16H23NO5/c1-19-13-9-14(20-2)11-15(10-13)22-8-5-17-16(18)12-3-6-21-7-4-12/h9-12H,3-8H2,1-2H3,(H,17,18). The molecule has 6 nitrogen and oxygen atoms in total. The monoisotopic (exact) mass is 309 g/mol. The lowest BCUT2D eigenvalue weighted by Gasteiger charge is -2.21. The summed E-state index contributed by atoms with van der Waals surface area (Å²) in [6.45, 7) is 2.19. The lowest BCUT2D eigenvalue weighted by molar-refractivity contribution is -0.127. The molecule has 1 amide bonds. The molecule has 1 N–H and O–H groups in total. The highest BCUT2D eigenvalue weighted by molar-refractivity contribution is 5.78. The molecule has 0 aromatic heterocycles. The normalized spacial score (nSPS) is 15.2. The number of ether oxygens (including phenoxy) is 4. The molecule has 0 bridgehead atoms. The Hall–Kier alpha value is -1.95. The molecular formula is C16H23NO5. The van der Waals surface area contributed by atoms with Crippen LogP contribution in [-0.2, 0) is 9.53 Å². The summed E-state index contributed by atoms with van der Waals surface area (Å²) in [4.78, 5) is 11.9. The SMILES string of the molecule is COc1cc(OC)cc(OCCNC(=O)C2CCOCC2)c1. The molecule has 1 aromatic rings. The Morgan fingerprint density at radius 3 is 2.32 bits per heavy atom. The second kappa shape index (κ2) is 8.48. The van der Waals surface area contributed by atoms with Crippen LogP contribution >= 0.6 is 0 Å². The van der Waals surface area contributed by atoms with Gasteiger partial charge in [0.25, 0.3) is 0 Å². The van der Waals surface area contributed by atoms with Gasteiger partial charge in [0.2, 0.25) is 5.91 Å². The van der Waals surface area contributed by atoms with Gasteiger partial charge in [0, 0.05) is 37.3 Å². The van der Waals surface area contributed by atoms with Crippen molar-refractivity contribution in [3.63, 3.8) is 0 Å². The molecule has 0 unspecified atom stereocenters. The van der Waals surface area contributed by atoms with Gasteiger partial charge in [-0.15, -0.1) is 0 Å². The quantitative estimate of drug-likeness (QED) is 0.775. The fourth-order valence-electron chi connectivity index (χ4n) is 2.31. The van der Waals surface area contributed by atoms with Crippen molar-refractivity contribution in [3.05, 3.63) is 18.2 Å². The molecule has 1 fully saturated rings. The number of nitrogens with one attached hydrogen (secondary N) is 1. The van der Waals surface area contributed by atoms with Crippen molar-refractivity contribution >= 4 is 5.91 Å². The number of carbonyl (C=O) groups excluding carboxylic acids is 1. The van der Waals surface area contributed by atoms with Crippen molar-refractivity contribution in [3.8, 4) is 17.2 Å². The van der Waals surface area contributed by atoms with E-state index < -0.39 is 0 Å². The number of rotatable bonds is 7. The maximum absolute atomic E-state index is 11.9. The van der Waals surface area contributed by atoms with Gasteiger partial charge in [-0.05, 0) is 12.8 Å². The van der Waals surface area contributed by atoms with Gasteiger partial charge in [-0.2, -0.15) is 0 Å². The molecule has 1 saturated heterocycles. The molecule has 1 aliphatic rings. The summed E-state index contributed by atoms with van der Waals surface area (Å²) in [5, 5.41) is 2.90. The predicted molar refractivity (Wildman–Crippen MR) is 81.6 cm³/mol. The lowest BCUT2D eigenvalue weighted by atomic mass is 9.99. The van der Waals surface area contributed by atoms with E-state index in [0.717, 1.165) is 12.8 Å². The maximum atomic E-state index is 11.9. The Labute approximate surface area is 130 Å². The van der Waals surface area contributed by atoms with Crippen LogP contribution in [0.4, 0.5) is 0 Å². The largest absolute Gasteiger partial charge is 0.496 e. The van der Waals surface area contributed by atoms with Gasteiger partial charge in [-0.25, -0.2) is 0 Å². The molecule has 122 valence electrons. The maximum Gasteiger partial charge on any atom is 0.223 e. The molecule has 1 heterocycles. The van der Waals surface area contributed by atoms with Gasteiger partial charge >= 0.3 is 0 Å². The molecule has 22 heavy (non-hydrogen) atoms. The highest BCUT2D eigenvalue weighted by atomic mass is 16.5. The summed E-state index contributed by atoms with van der Waals surface area (Å²) in [5.74, 6) is 2.12. The van der Waals surface area contributed by atoms with Crippen LogP contribution in [0.15, 0.2) is 18.2 Å². The minimum absolute atomic E-state index is 0.0608. The van der Waals surface area contributed by atoms with E-state index in [9.17, 15) is 4.79 Å².